The molecule has 108 valence electrons. The molecule has 3 nitrogen and oxygen atoms in total. The average molecular weight is 306 g/mol. The van der Waals surface area contributed by atoms with Crippen molar-refractivity contribution in [3.63, 3.8) is 0 Å². The van der Waals surface area contributed by atoms with E-state index in [1.54, 1.807) is 6.07 Å². The van der Waals surface area contributed by atoms with Crippen molar-refractivity contribution in [3.05, 3.63) is 27.7 Å². The second-order valence-electron chi connectivity index (χ2n) is 4.72. The molecule has 1 N–H and O–H groups in total. The van der Waals surface area contributed by atoms with Gasteiger partial charge in [0.15, 0.2) is 0 Å². The molecular weight excluding hydrogens is 285 g/mol. The summed E-state index contributed by atoms with van der Waals surface area (Å²) in [7, 11) is 1.87. The van der Waals surface area contributed by atoms with E-state index < -0.39 is 0 Å². The van der Waals surface area contributed by atoms with Gasteiger partial charge in [0.05, 0.1) is 11.6 Å². The van der Waals surface area contributed by atoms with E-state index in [-0.39, 0.29) is 0 Å². The Labute approximate surface area is 125 Å². The third-order valence-electron chi connectivity index (χ3n) is 2.38. The standard InChI is InChI=1S/C14H21Cl2NO2/c1-10(2)9-18-4-5-19-14-11(8-17-3)6-12(15)7-13(14)16/h6-7,10,17H,4-5,8-9H2,1-3H3. The highest BCUT2D eigenvalue weighted by Crippen LogP contribution is 2.32. The summed E-state index contributed by atoms with van der Waals surface area (Å²) >= 11 is 12.1. The first-order valence-corrected chi connectivity index (χ1v) is 7.13. The largest absolute Gasteiger partial charge is 0.489 e. The van der Waals surface area contributed by atoms with Crippen molar-refractivity contribution in [3.8, 4) is 5.75 Å². The Balaban J connectivity index is 2.56. The molecule has 0 aliphatic heterocycles. The first kappa shape index (κ1) is 16.6. The van der Waals surface area contributed by atoms with Gasteiger partial charge < -0.3 is 14.8 Å². The monoisotopic (exact) mass is 305 g/mol. The smallest absolute Gasteiger partial charge is 0.142 e. The summed E-state index contributed by atoms with van der Waals surface area (Å²) < 4.78 is 11.2. The zero-order chi connectivity index (χ0) is 14.3. The van der Waals surface area contributed by atoms with Crippen LogP contribution >= 0.6 is 23.2 Å². The maximum Gasteiger partial charge on any atom is 0.142 e. The summed E-state index contributed by atoms with van der Waals surface area (Å²) in [5.41, 5.74) is 0.948. The van der Waals surface area contributed by atoms with Crippen LogP contribution in [0.2, 0.25) is 10.0 Å². The molecule has 5 heteroatoms. The minimum Gasteiger partial charge on any atom is -0.489 e. The highest BCUT2D eigenvalue weighted by atomic mass is 35.5. The van der Waals surface area contributed by atoms with E-state index in [1.165, 1.54) is 0 Å². The molecule has 0 heterocycles. The van der Waals surface area contributed by atoms with Gasteiger partial charge in [-0.1, -0.05) is 37.0 Å². The molecule has 0 aliphatic rings. The molecule has 0 atom stereocenters. The Kier molecular flexibility index (Phi) is 7.54. The van der Waals surface area contributed by atoms with E-state index in [9.17, 15) is 0 Å². The molecule has 0 amide bonds. The number of rotatable bonds is 8. The lowest BCUT2D eigenvalue weighted by Crippen LogP contribution is -2.13. The lowest BCUT2D eigenvalue weighted by Gasteiger charge is -2.14. The van der Waals surface area contributed by atoms with Crippen molar-refractivity contribution >= 4 is 23.2 Å². The molecule has 0 spiro atoms. The molecule has 0 aliphatic carbocycles. The summed E-state index contributed by atoms with van der Waals surface area (Å²) in [6, 6.07) is 3.54. The molecule has 0 radical (unpaired) electrons. The van der Waals surface area contributed by atoms with Gasteiger partial charge in [-0.25, -0.2) is 0 Å². The van der Waals surface area contributed by atoms with Crippen molar-refractivity contribution in [2.75, 3.05) is 26.9 Å². The van der Waals surface area contributed by atoms with Crippen molar-refractivity contribution in [2.24, 2.45) is 5.92 Å². The Morgan fingerprint density at radius 2 is 1.95 bits per heavy atom. The quantitative estimate of drug-likeness (QED) is 0.742. The van der Waals surface area contributed by atoms with Crippen LogP contribution in [0.25, 0.3) is 0 Å². The van der Waals surface area contributed by atoms with Gasteiger partial charge in [-0.2, -0.15) is 0 Å². The second-order valence-corrected chi connectivity index (χ2v) is 5.57. The van der Waals surface area contributed by atoms with Crippen molar-refractivity contribution < 1.29 is 9.47 Å². The second kappa shape index (κ2) is 8.64. The van der Waals surface area contributed by atoms with Crippen LogP contribution in [0.5, 0.6) is 5.75 Å². The molecule has 19 heavy (non-hydrogen) atoms. The minimum atomic E-state index is 0.477. The lowest BCUT2D eigenvalue weighted by molar-refractivity contribution is 0.0816. The molecule has 1 rings (SSSR count). The van der Waals surface area contributed by atoms with E-state index in [0.29, 0.717) is 41.5 Å². The number of hydrogen-bond donors (Lipinski definition) is 1. The predicted molar refractivity (Wildman–Crippen MR) is 80.4 cm³/mol. The summed E-state index contributed by atoms with van der Waals surface area (Å²) in [5, 5.41) is 4.21. The van der Waals surface area contributed by atoms with Gasteiger partial charge in [-0.05, 0) is 25.1 Å². The van der Waals surface area contributed by atoms with Gasteiger partial charge >= 0.3 is 0 Å². The lowest BCUT2D eigenvalue weighted by atomic mass is 10.2. The maximum absolute atomic E-state index is 6.16. The van der Waals surface area contributed by atoms with E-state index in [1.807, 2.05) is 13.1 Å². The van der Waals surface area contributed by atoms with Crippen molar-refractivity contribution in [1.82, 2.24) is 5.32 Å². The highest BCUT2D eigenvalue weighted by Gasteiger charge is 2.10. The summed E-state index contributed by atoms with van der Waals surface area (Å²) in [4.78, 5) is 0. The Morgan fingerprint density at radius 3 is 2.58 bits per heavy atom. The molecular formula is C14H21Cl2NO2. The van der Waals surface area contributed by atoms with Crippen LogP contribution in [0.1, 0.15) is 19.4 Å². The van der Waals surface area contributed by atoms with Crippen LogP contribution in [-0.2, 0) is 11.3 Å². The third-order valence-corrected chi connectivity index (χ3v) is 2.88. The van der Waals surface area contributed by atoms with Gasteiger partial charge in [-0.15, -0.1) is 0 Å². The SMILES string of the molecule is CNCc1cc(Cl)cc(Cl)c1OCCOCC(C)C. The van der Waals surface area contributed by atoms with Gasteiger partial charge in [-0.3, -0.25) is 0 Å². The molecule has 0 fully saturated rings. The summed E-state index contributed by atoms with van der Waals surface area (Å²) in [6.07, 6.45) is 0. The molecule has 1 aromatic rings. The van der Waals surface area contributed by atoms with Gasteiger partial charge in [0.25, 0.3) is 0 Å². The number of nitrogens with one attached hydrogen (secondary N) is 1. The molecule has 1 aromatic carbocycles. The third kappa shape index (κ3) is 6.00. The highest BCUT2D eigenvalue weighted by molar-refractivity contribution is 6.35. The van der Waals surface area contributed by atoms with Crippen LogP contribution in [0.3, 0.4) is 0 Å². The van der Waals surface area contributed by atoms with E-state index in [2.05, 4.69) is 19.2 Å². The molecule has 0 aromatic heterocycles. The van der Waals surface area contributed by atoms with Gasteiger partial charge in [0, 0.05) is 23.7 Å². The summed E-state index contributed by atoms with van der Waals surface area (Å²) in [6.45, 7) is 6.65. The normalized spacial score (nSPS) is 11.1. The fourth-order valence-electron chi connectivity index (χ4n) is 1.62. The minimum absolute atomic E-state index is 0.477. The van der Waals surface area contributed by atoms with Crippen molar-refractivity contribution in [2.45, 2.75) is 20.4 Å². The van der Waals surface area contributed by atoms with Crippen LogP contribution in [0.15, 0.2) is 12.1 Å². The van der Waals surface area contributed by atoms with Crippen LogP contribution < -0.4 is 10.1 Å². The van der Waals surface area contributed by atoms with E-state index in [4.69, 9.17) is 32.7 Å². The Morgan fingerprint density at radius 1 is 1.21 bits per heavy atom. The molecule has 0 bridgehead atoms. The Hall–Kier alpha value is -0.480. The zero-order valence-corrected chi connectivity index (χ0v) is 13.1. The van der Waals surface area contributed by atoms with E-state index >= 15 is 0 Å². The number of ether oxygens (including phenoxy) is 2. The van der Waals surface area contributed by atoms with E-state index in [0.717, 1.165) is 12.2 Å². The average Bonchev–Trinajstić information content (AvgIpc) is 2.31. The number of hydrogen-bond acceptors (Lipinski definition) is 3. The molecule has 0 unspecified atom stereocenters. The maximum atomic E-state index is 6.16. The first-order valence-electron chi connectivity index (χ1n) is 6.37. The van der Waals surface area contributed by atoms with Crippen LogP contribution in [-0.4, -0.2) is 26.9 Å². The fourth-order valence-corrected chi connectivity index (χ4v) is 2.21. The zero-order valence-electron chi connectivity index (χ0n) is 11.6. The first-order chi connectivity index (χ1) is 9.04. The van der Waals surface area contributed by atoms with Gasteiger partial charge in [0.2, 0.25) is 0 Å². The molecule has 0 saturated carbocycles. The van der Waals surface area contributed by atoms with Crippen LogP contribution in [0.4, 0.5) is 0 Å². The topological polar surface area (TPSA) is 30.5 Å². The molecule has 0 saturated heterocycles. The van der Waals surface area contributed by atoms with Crippen molar-refractivity contribution in [1.29, 1.82) is 0 Å². The predicted octanol–water partition coefficient (Wildman–Crippen LogP) is 3.76. The number of benzene rings is 1. The Bertz CT molecular complexity index is 397. The van der Waals surface area contributed by atoms with Gasteiger partial charge in [0.1, 0.15) is 12.4 Å². The fraction of sp³-hybridized carbons (Fsp3) is 0.571. The summed E-state index contributed by atoms with van der Waals surface area (Å²) in [5.74, 6) is 1.20. The number of halogens is 2. The van der Waals surface area contributed by atoms with Crippen LogP contribution in [0, 0.1) is 5.92 Å².